The van der Waals surface area contributed by atoms with Crippen LogP contribution in [0.5, 0.6) is 0 Å². The second kappa shape index (κ2) is 5.63. The Balaban J connectivity index is 1.49. The van der Waals surface area contributed by atoms with Crippen molar-refractivity contribution in [1.29, 1.82) is 0 Å². The summed E-state index contributed by atoms with van der Waals surface area (Å²) in [5, 5.41) is 8.90. The maximum atomic E-state index is 11.8. The van der Waals surface area contributed by atoms with E-state index in [1.54, 1.807) is 0 Å². The fourth-order valence-electron chi connectivity index (χ4n) is 2.19. The van der Waals surface area contributed by atoms with Crippen molar-refractivity contribution in [3.8, 4) is 0 Å². The summed E-state index contributed by atoms with van der Waals surface area (Å²) in [7, 11) is 0. The minimum absolute atomic E-state index is 0.0475. The first kappa shape index (κ1) is 13.1. The van der Waals surface area contributed by atoms with E-state index in [4.69, 9.17) is 0 Å². The summed E-state index contributed by atoms with van der Waals surface area (Å²) < 4.78 is 0. The Bertz CT molecular complexity index is 504. The SMILES string of the molecule is O=C(CC1CNC1)Nc1ccc(NC(=O)C2CC2)cc1. The maximum Gasteiger partial charge on any atom is 0.227 e. The monoisotopic (exact) mass is 273 g/mol. The third kappa shape index (κ3) is 3.36. The van der Waals surface area contributed by atoms with Gasteiger partial charge in [-0.1, -0.05) is 0 Å². The van der Waals surface area contributed by atoms with E-state index in [0.29, 0.717) is 12.3 Å². The van der Waals surface area contributed by atoms with Crippen LogP contribution in [0.25, 0.3) is 0 Å². The van der Waals surface area contributed by atoms with Crippen LogP contribution in [-0.2, 0) is 9.59 Å². The molecule has 106 valence electrons. The molecule has 1 aromatic rings. The normalized spacial score (nSPS) is 18.2. The van der Waals surface area contributed by atoms with Crippen molar-refractivity contribution >= 4 is 23.2 Å². The quantitative estimate of drug-likeness (QED) is 0.763. The van der Waals surface area contributed by atoms with E-state index in [1.165, 1.54) is 0 Å². The van der Waals surface area contributed by atoms with Gasteiger partial charge in [0.2, 0.25) is 11.8 Å². The average molecular weight is 273 g/mol. The van der Waals surface area contributed by atoms with E-state index < -0.39 is 0 Å². The van der Waals surface area contributed by atoms with Gasteiger partial charge in [0.05, 0.1) is 0 Å². The molecule has 0 bridgehead atoms. The molecule has 3 rings (SSSR count). The third-order valence-corrected chi connectivity index (χ3v) is 3.72. The van der Waals surface area contributed by atoms with Gasteiger partial charge in [-0.2, -0.15) is 0 Å². The lowest BCUT2D eigenvalue weighted by Gasteiger charge is -2.26. The molecule has 1 aliphatic heterocycles. The lowest BCUT2D eigenvalue weighted by Crippen LogP contribution is -2.43. The molecule has 3 N–H and O–H groups in total. The summed E-state index contributed by atoms with van der Waals surface area (Å²) in [5.41, 5.74) is 1.55. The van der Waals surface area contributed by atoms with Crippen molar-refractivity contribution in [3.63, 3.8) is 0 Å². The zero-order valence-electron chi connectivity index (χ0n) is 11.3. The molecular formula is C15H19N3O2. The first-order valence-electron chi connectivity index (χ1n) is 7.12. The molecule has 20 heavy (non-hydrogen) atoms. The highest BCUT2D eigenvalue weighted by Gasteiger charge is 2.29. The molecule has 1 saturated carbocycles. The van der Waals surface area contributed by atoms with Crippen LogP contribution in [0.1, 0.15) is 19.3 Å². The molecule has 0 aromatic heterocycles. The Morgan fingerprint density at radius 3 is 2.15 bits per heavy atom. The maximum absolute atomic E-state index is 11.8. The van der Waals surface area contributed by atoms with Crippen molar-refractivity contribution in [1.82, 2.24) is 5.32 Å². The lowest BCUT2D eigenvalue weighted by atomic mass is 9.99. The second-order valence-electron chi connectivity index (χ2n) is 5.62. The molecular weight excluding hydrogens is 254 g/mol. The summed E-state index contributed by atoms with van der Waals surface area (Å²) in [6, 6.07) is 7.28. The largest absolute Gasteiger partial charge is 0.326 e. The van der Waals surface area contributed by atoms with Gasteiger partial charge in [-0.25, -0.2) is 0 Å². The van der Waals surface area contributed by atoms with Crippen molar-refractivity contribution in [3.05, 3.63) is 24.3 Å². The van der Waals surface area contributed by atoms with E-state index in [9.17, 15) is 9.59 Å². The number of hydrogen-bond acceptors (Lipinski definition) is 3. The van der Waals surface area contributed by atoms with E-state index in [1.807, 2.05) is 24.3 Å². The topological polar surface area (TPSA) is 70.2 Å². The number of hydrogen-bond donors (Lipinski definition) is 3. The smallest absolute Gasteiger partial charge is 0.227 e. The van der Waals surface area contributed by atoms with Gasteiger partial charge < -0.3 is 16.0 Å². The van der Waals surface area contributed by atoms with Gasteiger partial charge in [0.1, 0.15) is 0 Å². The molecule has 2 aliphatic rings. The van der Waals surface area contributed by atoms with E-state index in [-0.39, 0.29) is 17.7 Å². The predicted octanol–water partition coefficient (Wildman–Crippen LogP) is 1.58. The Labute approximate surface area is 118 Å². The number of carbonyl (C=O) groups excluding carboxylic acids is 2. The lowest BCUT2D eigenvalue weighted by molar-refractivity contribution is -0.118. The Morgan fingerprint density at radius 2 is 1.65 bits per heavy atom. The fourth-order valence-corrected chi connectivity index (χ4v) is 2.19. The van der Waals surface area contributed by atoms with Gasteiger partial charge in [-0.15, -0.1) is 0 Å². The number of nitrogens with one attached hydrogen (secondary N) is 3. The molecule has 1 aromatic carbocycles. The van der Waals surface area contributed by atoms with Crippen LogP contribution >= 0.6 is 0 Å². The molecule has 1 heterocycles. The first-order valence-corrected chi connectivity index (χ1v) is 7.12. The highest BCUT2D eigenvalue weighted by Crippen LogP contribution is 2.30. The van der Waals surface area contributed by atoms with E-state index in [0.717, 1.165) is 37.3 Å². The summed E-state index contributed by atoms with van der Waals surface area (Å²) in [5.74, 6) is 0.808. The molecule has 5 heteroatoms. The molecule has 0 atom stereocenters. The van der Waals surface area contributed by atoms with E-state index in [2.05, 4.69) is 16.0 Å². The highest BCUT2D eigenvalue weighted by atomic mass is 16.2. The number of rotatable bonds is 5. The Kier molecular flexibility index (Phi) is 3.69. The van der Waals surface area contributed by atoms with Crippen LogP contribution < -0.4 is 16.0 Å². The minimum Gasteiger partial charge on any atom is -0.326 e. The van der Waals surface area contributed by atoms with Gasteiger partial charge in [0.25, 0.3) is 0 Å². The van der Waals surface area contributed by atoms with Gasteiger partial charge in [0, 0.05) is 23.7 Å². The molecule has 1 saturated heterocycles. The second-order valence-corrected chi connectivity index (χ2v) is 5.62. The standard InChI is InChI=1S/C15H19N3O2/c19-14(7-10-8-16-9-10)17-12-3-5-13(6-4-12)18-15(20)11-1-2-11/h3-6,10-11,16H,1-2,7-9H2,(H,17,19)(H,18,20). The number of amides is 2. The Hall–Kier alpha value is -1.88. The fraction of sp³-hybridized carbons (Fsp3) is 0.467. The average Bonchev–Trinajstić information content (AvgIpc) is 3.20. The summed E-state index contributed by atoms with van der Waals surface area (Å²) >= 11 is 0. The highest BCUT2D eigenvalue weighted by molar-refractivity contribution is 5.95. The van der Waals surface area contributed by atoms with Crippen molar-refractivity contribution in [2.45, 2.75) is 19.3 Å². The molecule has 2 fully saturated rings. The molecule has 5 nitrogen and oxygen atoms in total. The van der Waals surface area contributed by atoms with E-state index >= 15 is 0 Å². The summed E-state index contributed by atoms with van der Waals surface area (Å²) in [4.78, 5) is 23.4. The minimum atomic E-state index is 0.0475. The van der Waals surface area contributed by atoms with Crippen LogP contribution in [0.3, 0.4) is 0 Å². The zero-order chi connectivity index (χ0) is 13.9. The number of benzene rings is 1. The van der Waals surface area contributed by atoms with Crippen LogP contribution in [-0.4, -0.2) is 24.9 Å². The predicted molar refractivity (Wildman–Crippen MR) is 77.4 cm³/mol. The van der Waals surface area contributed by atoms with Gasteiger partial charge in [0.15, 0.2) is 0 Å². The number of anilines is 2. The summed E-state index contributed by atoms with van der Waals surface area (Å²) in [6.45, 7) is 1.86. The van der Waals surface area contributed by atoms with Crippen molar-refractivity contribution in [2.24, 2.45) is 11.8 Å². The first-order chi connectivity index (χ1) is 9.70. The molecule has 0 spiro atoms. The third-order valence-electron chi connectivity index (χ3n) is 3.72. The van der Waals surface area contributed by atoms with Gasteiger partial charge >= 0.3 is 0 Å². The van der Waals surface area contributed by atoms with Gasteiger partial charge in [-0.3, -0.25) is 9.59 Å². The van der Waals surface area contributed by atoms with Gasteiger partial charge in [-0.05, 0) is 56.1 Å². The summed E-state index contributed by atoms with van der Waals surface area (Å²) in [6.07, 6.45) is 2.55. The molecule has 0 unspecified atom stereocenters. The molecule has 1 aliphatic carbocycles. The number of carbonyl (C=O) groups is 2. The van der Waals surface area contributed by atoms with Crippen LogP contribution in [0.15, 0.2) is 24.3 Å². The molecule has 0 radical (unpaired) electrons. The zero-order valence-corrected chi connectivity index (χ0v) is 11.3. The molecule has 2 amide bonds. The van der Waals surface area contributed by atoms with Crippen LogP contribution in [0.2, 0.25) is 0 Å². The van der Waals surface area contributed by atoms with Crippen LogP contribution in [0, 0.1) is 11.8 Å². The van der Waals surface area contributed by atoms with Crippen molar-refractivity contribution in [2.75, 3.05) is 23.7 Å². The Morgan fingerprint density at radius 1 is 1.05 bits per heavy atom. The van der Waals surface area contributed by atoms with Crippen LogP contribution in [0.4, 0.5) is 11.4 Å². The van der Waals surface area contributed by atoms with Crippen molar-refractivity contribution < 1.29 is 9.59 Å².